The van der Waals surface area contributed by atoms with Crippen LogP contribution in [-0.2, 0) is 0 Å². The fourth-order valence-corrected chi connectivity index (χ4v) is 2.37. The molecule has 2 rings (SSSR count). The average Bonchev–Trinajstić information content (AvgIpc) is 2.75. The van der Waals surface area contributed by atoms with E-state index >= 15 is 0 Å². The summed E-state index contributed by atoms with van der Waals surface area (Å²) in [5.41, 5.74) is 1.37. The van der Waals surface area contributed by atoms with Crippen molar-refractivity contribution in [2.45, 2.75) is 18.9 Å². The lowest BCUT2D eigenvalue weighted by atomic mass is 10.1. The van der Waals surface area contributed by atoms with Gasteiger partial charge in [0.25, 0.3) is 0 Å². The van der Waals surface area contributed by atoms with Crippen molar-refractivity contribution in [3.63, 3.8) is 0 Å². The Morgan fingerprint density at radius 3 is 3.06 bits per heavy atom. The van der Waals surface area contributed by atoms with Crippen LogP contribution in [0.1, 0.15) is 24.4 Å². The molecule has 1 saturated heterocycles. The largest absolute Gasteiger partial charge is 0.308 e. The highest BCUT2D eigenvalue weighted by atomic mass is 15.2. The highest BCUT2D eigenvalue weighted by molar-refractivity contribution is 5.15. The first-order chi connectivity index (χ1) is 7.77. The van der Waals surface area contributed by atoms with Gasteiger partial charge in [-0.25, -0.2) is 0 Å². The number of hydrogen-bond donors (Lipinski definition) is 0. The van der Waals surface area contributed by atoms with Crippen LogP contribution in [0.3, 0.4) is 0 Å². The summed E-state index contributed by atoms with van der Waals surface area (Å²) in [5.74, 6) is 0. The molecule has 16 heavy (non-hydrogen) atoms. The molecule has 1 atom stereocenters. The summed E-state index contributed by atoms with van der Waals surface area (Å²) in [4.78, 5) is 9.05. The molecule has 1 aliphatic heterocycles. The zero-order valence-electron chi connectivity index (χ0n) is 10.3. The van der Waals surface area contributed by atoms with E-state index in [0.29, 0.717) is 6.04 Å². The zero-order chi connectivity index (χ0) is 11.4. The standard InChI is InChI=1S/C13H21N3/c1-15(2)9-10-16-8-4-6-13(16)12-5-3-7-14-11-12/h3,5,7,11,13H,4,6,8-10H2,1-2H3. The van der Waals surface area contributed by atoms with E-state index in [9.17, 15) is 0 Å². The van der Waals surface area contributed by atoms with E-state index in [2.05, 4.69) is 34.9 Å². The van der Waals surface area contributed by atoms with Crippen molar-refractivity contribution in [3.8, 4) is 0 Å². The highest BCUT2D eigenvalue weighted by Crippen LogP contribution is 2.30. The molecule has 0 spiro atoms. The topological polar surface area (TPSA) is 19.4 Å². The Bertz CT molecular complexity index is 310. The summed E-state index contributed by atoms with van der Waals surface area (Å²) in [6.45, 7) is 3.52. The van der Waals surface area contributed by atoms with Crippen molar-refractivity contribution >= 4 is 0 Å². The number of aromatic nitrogens is 1. The minimum atomic E-state index is 0.591. The molecule has 0 N–H and O–H groups in total. The lowest BCUT2D eigenvalue weighted by molar-refractivity contribution is 0.227. The average molecular weight is 219 g/mol. The lowest BCUT2D eigenvalue weighted by Crippen LogP contribution is -2.31. The predicted molar refractivity (Wildman–Crippen MR) is 66.3 cm³/mol. The Hall–Kier alpha value is -0.930. The molecule has 0 saturated carbocycles. The van der Waals surface area contributed by atoms with Gasteiger partial charge in [0.1, 0.15) is 0 Å². The van der Waals surface area contributed by atoms with Crippen molar-refractivity contribution in [2.24, 2.45) is 0 Å². The molecular weight excluding hydrogens is 198 g/mol. The van der Waals surface area contributed by atoms with Gasteiger partial charge in [-0.3, -0.25) is 9.88 Å². The van der Waals surface area contributed by atoms with E-state index in [0.717, 1.165) is 13.1 Å². The Morgan fingerprint density at radius 2 is 2.38 bits per heavy atom. The highest BCUT2D eigenvalue weighted by Gasteiger charge is 2.25. The van der Waals surface area contributed by atoms with Gasteiger partial charge in [-0.05, 0) is 45.1 Å². The van der Waals surface area contributed by atoms with Crippen molar-refractivity contribution in [3.05, 3.63) is 30.1 Å². The number of pyridine rings is 1. The van der Waals surface area contributed by atoms with Crippen LogP contribution in [0.15, 0.2) is 24.5 Å². The molecule has 1 aromatic heterocycles. The van der Waals surface area contributed by atoms with Gasteiger partial charge in [-0.1, -0.05) is 6.07 Å². The maximum Gasteiger partial charge on any atom is 0.0364 e. The van der Waals surface area contributed by atoms with Crippen molar-refractivity contribution < 1.29 is 0 Å². The molecule has 3 nitrogen and oxygen atoms in total. The van der Waals surface area contributed by atoms with Gasteiger partial charge in [0.15, 0.2) is 0 Å². The molecule has 0 radical (unpaired) electrons. The fraction of sp³-hybridized carbons (Fsp3) is 0.615. The molecule has 0 amide bonds. The number of nitrogens with zero attached hydrogens (tertiary/aromatic N) is 3. The molecule has 0 bridgehead atoms. The zero-order valence-corrected chi connectivity index (χ0v) is 10.3. The second-order valence-electron chi connectivity index (χ2n) is 4.78. The van der Waals surface area contributed by atoms with E-state index in [1.165, 1.54) is 24.9 Å². The number of hydrogen-bond acceptors (Lipinski definition) is 3. The molecule has 0 aliphatic carbocycles. The Kier molecular flexibility index (Phi) is 3.91. The molecule has 0 aromatic carbocycles. The van der Waals surface area contributed by atoms with E-state index in [1.54, 1.807) is 0 Å². The van der Waals surface area contributed by atoms with Crippen molar-refractivity contribution in [2.75, 3.05) is 33.7 Å². The minimum Gasteiger partial charge on any atom is -0.308 e. The summed E-state index contributed by atoms with van der Waals surface area (Å²) >= 11 is 0. The molecular formula is C13H21N3. The summed E-state index contributed by atoms with van der Waals surface area (Å²) in [7, 11) is 4.27. The second-order valence-corrected chi connectivity index (χ2v) is 4.78. The molecule has 1 fully saturated rings. The van der Waals surface area contributed by atoms with E-state index in [-0.39, 0.29) is 0 Å². The van der Waals surface area contributed by atoms with Crippen molar-refractivity contribution in [1.82, 2.24) is 14.8 Å². The Morgan fingerprint density at radius 1 is 1.50 bits per heavy atom. The second kappa shape index (κ2) is 5.41. The lowest BCUT2D eigenvalue weighted by Gasteiger charge is -2.25. The van der Waals surface area contributed by atoms with Crippen LogP contribution in [0, 0.1) is 0 Å². The van der Waals surface area contributed by atoms with Gasteiger partial charge in [0.05, 0.1) is 0 Å². The summed E-state index contributed by atoms with van der Waals surface area (Å²) in [5, 5.41) is 0. The van der Waals surface area contributed by atoms with Gasteiger partial charge in [0, 0.05) is 31.5 Å². The SMILES string of the molecule is CN(C)CCN1CCCC1c1cccnc1. The molecule has 1 aliphatic rings. The number of rotatable bonds is 4. The van der Waals surface area contributed by atoms with Gasteiger partial charge >= 0.3 is 0 Å². The number of likely N-dealkylation sites (tertiary alicyclic amines) is 1. The predicted octanol–water partition coefficient (Wildman–Crippen LogP) is 1.78. The quantitative estimate of drug-likeness (QED) is 0.769. The third-order valence-corrected chi connectivity index (χ3v) is 3.27. The monoisotopic (exact) mass is 219 g/mol. The van der Waals surface area contributed by atoms with Crippen LogP contribution >= 0.6 is 0 Å². The van der Waals surface area contributed by atoms with E-state index < -0.39 is 0 Å². The molecule has 88 valence electrons. The fourth-order valence-electron chi connectivity index (χ4n) is 2.37. The summed E-state index contributed by atoms with van der Waals surface area (Å²) in [6, 6.07) is 4.83. The number of likely N-dealkylation sites (N-methyl/N-ethyl adjacent to an activating group) is 1. The van der Waals surface area contributed by atoms with Crippen molar-refractivity contribution in [1.29, 1.82) is 0 Å². The first-order valence-electron chi connectivity index (χ1n) is 6.06. The summed E-state index contributed by atoms with van der Waals surface area (Å²) in [6.07, 6.45) is 6.45. The Labute approximate surface area is 98.1 Å². The third kappa shape index (κ3) is 2.80. The van der Waals surface area contributed by atoms with E-state index in [1.807, 2.05) is 18.5 Å². The normalized spacial score (nSPS) is 21.8. The van der Waals surface area contributed by atoms with Crippen LogP contribution < -0.4 is 0 Å². The molecule has 3 heteroatoms. The maximum atomic E-state index is 4.22. The molecule has 1 unspecified atom stereocenters. The maximum absolute atomic E-state index is 4.22. The van der Waals surface area contributed by atoms with E-state index in [4.69, 9.17) is 0 Å². The van der Waals surface area contributed by atoms with Gasteiger partial charge in [-0.2, -0.15) is 0 Å². The Balaban J connectivity index is 1.98. The molecule has 2 heterocycles. The smallest absolute Gasteiger partial charge is 0.0364 e. The van der Waals surface area contributed by atoms with Gasteiger partial charge in [-0.15, -0.1) is 0 Å². The van der Waals surface area contributed by atoms with Gasteiger partial charge < -0.3 is 4.90 Å². The molecule has 1 aromatic rings. The summed E-state index contributed by atoms with van der Waals surface area (Å²) < 4.78 is 0. The van der Waals surface area contributed by atoms with Crippen LogP contribution in [-0.4, -0.2) is 48.5 Å². The minimum absolute atomic E-state index is 0.591. The first kappa shape index (κ1) is 11.6. The van der Waals surface area contributed by atoms with Crippen LogP contribution in [0.25, 0.3) is 0 Å². The van der Waals surface area contributed by atoms with Crippen LogP contribution in [0.2, 0.25) is 0 Å². The van der Waals surface area contributed by atoms with Crippen LogP contribution in [0.5, 0.6) is 0 Å². The first-order valence-corrected chi connectivity index (χ1v) is 6.06. The third-order valence-electron chi connectivity index (χ3n) is 3.27. The van der Waals surface area contributed by atoms with Gasteiger partial charge in [0.2, 0.25) is 0 Å². The van der Waals surface area contributed by atoms with Crippen LogP contribution in [0.4, 0.5) is 0 Å².